The van der Waals surface area contributed by atoms with Crippen molar-refractivity contribution >= 4 is 32.2 Å². The van der Waals surface area contributed by atoms with Crippen molar-refractivity contribution in [1.82, 2.24) is 0 Å². The van der Waals surface area contributed by atoms with Gasteiger partial charge in [-0.1, -0.05) is 30.3 Å². The summed E-state index contributed by atoms with van der Waals surface area (Å²) in [6, 6.07) is 9.79. The van der Waals surface area contributed by atoms with Gasteiger partial charge in [0.25, 0.3) is 0 Å². The van der Waals surface area contributed by atoms with Gasteiger partial charge in [0.15, 0.2) is 9.84 Å². The maximum Gasteiger partial charge on any atom is 0.151 e. The van der Waals surface area contributed by atoms with Crippen molar-refractivity contribution < 1.29 is 12.8 Å². The molecule has 0 N–H and O–H groups in total. The van der Waals surface area contributed by atoms with Crippen molar-refractivity contribution in [2.75, 3.05) is 6.26 Å². The van der Waals surface area contributed by atoms with Gasteiger partial charge < -0.3 is 0 Å². The first kappa shape index (κ1) is 14.3. The standard InChI is InChI=1S/C14H14ClFO2S/c1-9(19(2,17)18)14(15)12-7-8-13(16)11-6-4-3-5-10(11)12/h3-9,14H,1-2H3. The van der Waals surface area contributed by atoms with Crippen LogP contribution in [0.1, 0.15) is 17.9 Å². The Labute approximate surface area is 117 Å². The smallest absolute Gasteiger partial charge is 0.151 e. The van der Waals surface area contributed by atoms with Crippen LogP contribution in [0.15, 0.2) is 36.4 Å². The van der Waals surface area contributed by atoms with E-state index in [1.165, 1.54) is 6.07 Å². The van der Waals surface area contributed by atoms with Crippen LogP contribution in [-0.2, 0) is 9.84 Å². The molecular weight excluding hydrogens is 287 g/mol. The van der Waals surface area contributed by atoms with Crippen LogP contribution in [0.25, 0.3) is 10.8 Å². The van der Waals surface area contributed by atoms with Crippen LogP contribution < -0.4 is 0 Å². The van der Waals surface area contributed by atoms with Crippen LogP contribution in [0.3, 0.4) is 0 Å². The Morgan fingerprint density at radius 1 is 1.11 bits per heavy atom. The van der Waals surface area contributed by atoms with Gasteiger partial charge in [0.2, 0.25) is 0 Å². The summed E-state index contributed by atoms with van der Waals surface area (Å²) in [5.41, 5.74) is 0.636. The Bertz CT molecular complexity index is 712. The molecule has 0 aliphatic carbocycles. The van der Waals surface area contributed by atoms with Gasteiger partial charge in [0, 0.05) is 11.6 Å². The summed E-state index contributed by atoms with van der Waals surface area (Å²) in [6.07, 6.45) is 1.15. The van der Waals surface area contributed by atoms with E-state index in [1.54, 1.807) is 37.3 Å². The first-order chi connectivity index (χ1) is 8.82. The molecule has 0 fully saturated rings. The number of halogens is 2. The Kier molecular flexibility index (Phi) is 3.83. The van der Waals surface area contributed by atoms with Crippen LogP contribution in [0.5, 0.6) is 0 Å². The second-order valence-electron chi connectivity index (χ2n) is 4.62. The van der Waals surface area contributed by atoms with Gasteiger partial charge in [-0.15, -0.1) is 11.6 Å². The normalized spacial score (nSPS) is 15.4. The van der Waals surface area contributed by atoms with Crippen molar-refractivity contribution in [2.45, 2.75) is 17.6 Å². The lowest BCUT2D eigenvalue weighted by molar-refractivity contribution is 0.587. The summed E-state index contributed by atoms with van der Waals surface area (Å²) in [4.78, 5) is 0. The molecule has 0 amide bonds. The highest BCUT2D eigenvalue weighted by atomic mass is 35.5. The fourth-order valence-corrected chi connectivity index (χ4v) is 3.33. The summed E-state index contributed by atoms with van der Waals surface area (Å²) in [5, 5.41) is -0.340. The van der Waals surface area contributed by atoms with E-state index in [4.69, 9.17) is 11.6 Å². The van der Waals surface area contributed by atoms with Crippen molar-refractivity contribution in [3.05, 3.63) is 47.8 Å². The molecule has 0 spiro atoms. The topological polar surface area (TPSA) is 34.1 Å². The molecule has 2 atom stereocenters. The van der Waals surface area contributed by atoms with Gasteiger partial charge in [-0.25, -0.2) is 12.8 Å². The van der Waals surface area contributed by atoms with E-state index < -0.39 is 20.5 Å². The molecule has 102 valence electrons. The van der Waals surface area contributed by atoms with E-state index >= 15 is 0 Å². The average Bonchev–Trinajstić information content (AvgIpc) is 2.37. The molecule has 2 rings (SSSR count). The Balaban J connectivity index is 2.61. The van der Waals surface area contributed by atoms with Gasteiger partial charge in [0.05, 0.1) is 10.6 Å². The predicted molar refractivity (Wildman–Crippen MR) is 76.8 cm³/mol. The van der Waals surface area contributed by atoms with Crippen LogP contribution >= 0.6 is 11.6 Å². The first-order valence-corrected chi connectivity index (χ1v) is 8.21. The third kappa shape index (κ3) is 2.74. The number of hydrogen-bond donors (Lipinski definition) is 0. The second kappa shape index (κ2) is 5.10. The maximum absolute atomic E-state index is 13.7. The molecule has 2 unspecified atom stereocenters. The monoisotopic (exact) mass is 300 g/mol. The lowest BCUT2D eigenvalue weighted by atomic mass is 10.0. The molecule has 0 saturated carbocycles. The van der Waals surface area contributed by atoms with Crippen LogP contribution in [0.4, 0.5) is 4.39 Å². The largest absolute Gasteiger partial charge is 0.229 e. The number of alkyl halides is 1. The number of hydrogen-bond acceptors (Lipinski definition) is 2. The van der Waals surface area contributed by atoms with E-state index in [2.05, 4.69) is 0 Å². The highest BCUT2D eigenvalue weighted by Gasteiger charge is 2.27. The fraction of sp³-hybridized carbons (Fsp3) is 0.286. The Morgan fingerprint density at radius 3 is 2.26 bits per heavy atom. The average molecular weight is 301 g/mol. The highest BCUT2D eigenvalue weighted by molar-refractivity contribution is 7.91. The zero-order valence-electron chi connectivity index (χ0n) is 10.6. The third-order valence-corrected chi connectivity index (χ3v) is 5.67. The van der Waals surface area contributed by atoms with Crippen molar-refractivity contribution in [1.29, 1.82) is 0 Å². The summed E-state index contributed by atoms with van der Waals surface area (Å²) < 4.78 is 36.9. The van der Waals surface area contributed by atoms with E-state index in [0.29, 0.717) is 16.3 Å². The molecule has 0 aliphatic rings. The summed E-state index contributed by atoms with van der Waals surface area (Å²) in [7, 11) is -3.25. The van der Waals surface area contributed by atoms with Crippen LogP contribution in [0.2, 0.25) is 0 Å². The number of sulfone groups is 1. The molecule has 2 aromatic carbocycles. The SMILES string of the molecule is CC(C(Cl)c1ccc(F)c2ccccc12)S(C)(=O)=O. The Hall–Kier alpha value is -1.13. The molecule has 19 heavy (non-hydrogen) atoms. The Morgan fingerprint density at radius 2 is 1.68 bits per heavy atom. The van der Waals surface area contributed by atoms with Gasteiger partial charge in [0.1, 0.15) is 5.82 Å². The molecule has 0 aliphatic heterocycles. The number of benzene rings is 2. The molecule has 2 aromatic rings. The van der Waals surface area contributed by atoms with Crippen molar-refractivity contribution in [3.8, 4) is 0 Å². The third-order valence-electron chi connectivity index (χ3n) is 3.29. The van der Waals surface area contributed by atoms with E-state index in [-0.39, 0.29) is 5.82 Å². The zero-order valence-corrected chi connectivity index (χ0v) is 12.2. The highest BCUT2D eigenvalue weighted by Crippen LogP contribution is 2.34. The van der Waals surface area contributed by atoms with Crippen LogP contribution in [0, 0.1) is 5.82 Å². The van der Waals surface area contributed by atoms with Gasteiger partial charge in [-0.05, 0) is 23.9 Å². The minimum atomic E-state index is -3.25. The van der Waals surface area contributed by atoms with Crippen LogP contribution in [-0.4, -0.2) is 19.9 Å². The predicted octanol–water partition coefficient (Wildman–Crippen LogP) is 3.69. The molecular formula is C14H14ClFO2S. The number of rotatable bonds is 3. The number of fused-ring (bicyclic) bond motifs is 1. The molecule has 0 heterocycles. The molecule has 2 nitrogen and oxygen atoms in total. The minimum Gasteiger partial charge on any atom is -0.229 e. The van der Waals surface area contributed by atoms with Gasteiger partial charge in [-0.2, -0.15) is 0 Å². The van der Waals surface area contributed by atoms with Gasteiger partial charge >= 0.3 is 0 Å². The molecule has 0 aromatic heterocycles. The zero-order chi connectivity index (χ0) is 14.2. The molecule has 0 saturated heterocycles. The van der Waals surface area contributed by atoms with E-state index in [0.717, 1.165) is 6.26 Å². The molecule has 0 bridgehead atoms. The fourth-order valence-electron chi connectivity index (χ4n) is 2.00. The van der Waals surface area contributed by atoms with Gasteiger partial charge in [-0.3, -0.25) is 0 Å². The quantitative estimate of drug-likeness (QED) is 0.810. The molecule has 0 radical (unpaired) electrons. The first-order valence-electron chi connectivity index (χ1n) is 5.82. The van der Waals surface area contributed by atoms with Crippen molar-refractivity contribution in [3.63, 3.8) is 0 Å². The lowest BCUT2D eigenvalue weighted by Gasteiger charge is -2.18. The molecule has 5 heteroatoms. The van der Waals surface area contributed by atoms with E-state index in [9.17, 15) is 12.8 Å². The summed E-state index contributed by atoms with van der Waals surface area (Å²) >= 11 is 6.27. The lowest BCUT2D eigenvalue weighted by Crippen LogP contribution is -2.21. The summed E-state index contributed by atoms with van der Waals surface area (Å²) in [5.74, 6) is -0.338. The minimum absolute atomic E-state index is 0.338. The van der Waals surface area contributed by atoms with E-state index in [1.807, 2.05) is 0 Å². The van der Waals surface area contributed by atoms with Crippen molar-refractivity contribution in [2.24, 2.45) is 0 Å². The summed E-state index contributed by atoms with van der Waals surface area (Å²) in [6.45, 7) is 1.56. The maximum atomic E-state index is 13.7. The second-order valence-corrected chi connectivity index (χ2v) is 7.49.